The highest BCUT2D eigenvalue weighted by atomic mass is 79.9. The Hall–Kier alpha value is -0.0500. The average Bonchev–Trinajstić information content (AvgIpc) is 3.08. The predicted octanol–water partition coefficient (Wildman–Crippen LogP) is 4.79. The van der Waals surface area contributed by atoms with E-state index in [1.807, 2.05) is 0 Å². The van der Waals surface area contributed by atoms with Crippen LogP contribution in [0.25, 0.3) is 0 Å². The molecule has 0 aliphatic heterocycles. The lowest BCUT2D eigenvalue weighted by Gasteiger charge is -2.32. The van der Waals surface area contributed by atoms with E-state index >= 15 is 0 Å². The van der Waals surface area contributed by atoms with Crippen molar-refractivity contribution >= 4 is 28.3 Å². The van der Waals surface area contributed by atoms with Gasteiger partial charge in [0.05, 0.1) is 0 Å². The summed E-state index contributed by atoms with van der Waals surface area (Å²) in [5.41, 5.74) is 1.40. The summed E-state index contributed by atoms with van der Waals surface area (Å²) >= 11 is 3.56. The Morgan fingerprint density at radius 2 is 1.95 bits per heavy atom. The number of benzene rings is 1. The molecule has 0 amide bonds. The Morgan fingerprint density at radius 3 is 2.80 bits per heavy atom. The minimum atomic E-state index is 0. The van der Waals surface area contributed by atoms with E-state index in [0.717, 1.165) is 36.3 Å². The Balaban J connectivity index is 0.00000121. The molecule has 4 rings (SSSR count). The van der Waals surface area contributed by atoms with Gasteiger partial charge in [-0.1, -0.05) is 34.5 Å². The van der Waals surface area contributed by atoms with Gasteiger partial charge in [-0.25, -0.2) is 0 Å². The first-order chi connectivity index (χ1) is 9.31. The predicted molar refractivity (Wildman–Crippen MR) is 89.1 cm³/mol. The molecule has 5 atom stereocenters. The summed E-state index contributed by atoms with van der Waals surface area (Å²) in [6.07, 6.45) is 7.51. The summed E-state index contributed by atoms with van der Waals surface area (Å²) in [5.74, 6) is 4.22. The molecule has 1 nitrogen and oxygen atoms in total. The van der Waals surface area contributed by atoms with Crippen molar-refractivity contribution < 1.29 is 0 Å². The van der Waals surface area contributed by atoms with Gasteiger partial charge in [0.2, 0.25) is 0 Å². The zero-order valence-electron chi connectivity index (χ0n) is 11.7. The molecule has 3 fully saturated rings. The molecular weight excluding hydrogens is 334 g/mol. The molecule has 3 heteroatoms. The zero-order chi connectivity index (χ0) is 12.8. The number of fused-ring (bicyclic) bond motifs is 5. The quantitative estimate of drug-likeness (QED) is 0.821. The van der Waals surface area contributed by atoms with Crippen molar-refractivity contribution in [3.8, 4) is 0 Å². The molecule has 20 heavy (non-hydrogen) atoms. The summed E-state index contributed by atoms with van der Waals surface area (Å²) in [4.78, 5) is 0. The average molecular weight is 357 g/mol. The van der Waals surface area contributed by atoms with Crippen LogP contribution in [0.2, 0.25) is 0 Å². The summed E-state index contributed by atoms with van der Waals surface area (Å²) in [6.45, 7) is 1.03. The maximum Gasteiger partial charge on any atom is 0.0208 e. The third-order valence-electron chi connectivity index (χ3n) is 5.89. The molecule has 2 bridgehead atoms. The second-order valence-electron chi connectivity index (χ2n) is 6.77. The minimum absolute atomic E-state index is 0. The first-order valence-corrected chi connectivity index (χ1v) is 8.58. The van der Waals surface area contributed by atoms with Crippen molar-refractivity contribution in [3.63, 3.8) is 0 Å². The van der Waals surface area contributed by atoms with E-state index in [1.54, 1.807) is 0 Å². The third-order valence-corrected chi connectivity index (χ3v) is 6.38. The van der Waals surface area contributed by atoms with Crippen LogP contribution in [0.4, 0.5) is 0 Å². The number of hydrogen-bond acceptors (Lipinski definition) is 1. The van der Waals surface area contributed by atoms with Crippen LogP contribution in [0.3, 0.4) is 0 Å². The first kappa shape index (κ1) is 14.9. The fourth-order valence-electron chi connectivity index (χ4n) is 5.20. The molecule has 0 spiro atoms. The fourth-order valence-corrected chi connectivity index (χ4v) is 5.65. The van der Waals surface area contributed by atoms with Crippen molar-refractivity contribution in [3.05, 3.63) is 34.3 Å². The highest BCUT2D eigenvalue weighted by Crippen LogP contribution is 2.58. The van der Waals surface area contributed by atoms with E-state index in [9.17, 15) is 0 Å². The topological polar surface area (TPSA) is 12.0 Å². The van der Waals surface area contributed by atoms with E-state index in [1.165, 1.54) is 42.1 Å². The van der Waals surface area contributed by atoms with Crippen molar-refractivity contribution in [1.82, 2.24) is 5.32 Å². The number of halogens is 2. The standard InChI is InChI=1S/C17H22BrN.ClH/c18-13-4-1-3-11(7-13)10-19-17-9-12-8-16(17)15-6-2-5-14(12)15;/h1,3-4,7,12,14-17,19H,2,5-6,8-10H2;1H/t12-,14+,15+,16-,17+;/m0./s1. The van der Waals surface area contributed by atoms with Gasteiger partial charge in [-0.05, 0) is 67.1 Å². The molecule has 1 aromatic rings. The molecule has 0 unspecified atom stereocenters. The second kappa shape index (κ2) is 5.98. The summed E-state index contributed by atoms with van der Waals surface area (Å²) in [6, 6.07) is 9.49. The van der Waals surface area contributed by atoms with Gasteiger partial charge < -0.3 is 5.32 Å². The monoisotopic (exact) mass is 355 g/mol. The second-order valence-corrected chi connectivity index (χ2v) is 7.69. The van der Waals surface area contributed by atoms with Gasteiger partial charge in [0.1, 0.15) is 0 Å². The van der Waals surface area contributed by atoms with E-state index < -0.39 is 0 Å². The van der Waals surface area contributed by atoms with Crippen molar-refractivity contribution in [1.29, 1.82) is 0 Å². The zero-order valence-corrected chi connectivity index (χ0v) is 14.1. The SMILES string of the molecule is Brc1cccc(CN[C@@H]2C[C@@H]3C[C@H]2[C@@H]2CCC[C@H]32)c1.Cl. The maximum atomic E-state index is 3.85. The molecule has 1 aromatic carbocycles. The van der Waals surface area contributed by atoms with Crippen molar-refractivity contribution in [2.45, 2.75) is 44.7 Å². The Morgan fingerprint density at radius 1 is 1.10 bits per heavy atom. The van der Waals surface area contributed by atoms with Crippen LogP contribution in [0.5, 0.6) is 0 Å². The molecular formula is C17H23BrClN. The highest BCUT2D eigenvalue weighted by molar-refractivity contribution is 9.10. The lowest BCUT2D eigenvalue weighted by atomic mass is 9.79. The van der Waals surface area contributed by atoms with Crippen LogP contribution in [-0.4, -0.2) is 6.04 Å². The summed E-state index contributed by atoms with van der Waals surface area (Å²) in [5, 5.41) is 3.85. The van der Waals surface area contributed by atoms with E-state index in [0.29, 0.717) is 0 Å². The Bertz CT molecular complexity index is 478. The maximum absolute atomic E-state index is 3.85. The highest BCUT2D eigenvalue weighted by Gasteiger charge is 2.53. The number of rotatable bonds is 3. The van der Waals surface area contributed by atoms with Gasteiger partial charge in [-0.15, -0.1) is 12.4 Å². The van der Waals surface area contributed by atoms with Crippen LogP contribution < -0.4 is 5.32 Å². The lowest BCUT2D eigenvalue weighted by Crippen LogP contribution is -2.38. The fraction of sp³-hybridized carbons (Fsp3) is 0.647. The van der Waals surface area contributed by atoms with Crippen molar-refractivity contribution in [2.75, 3.05) is 0 Å². The molecule has 110 valence electrons. The minimum Gasteiger partial charge on any atom is -0.310 e. The van der Waals surface area contributed by atoms with Crippen LogP contribution in [-0.2, 0) is 6.54 Å². The van der Waals surface area contributed by atoms with Gasteiger partial charge in [0.25, 0.3) is 0 Å². The Labute approximate surface area is 136 Å². The Kier molecular flexibility index (Phi) is 4.45. The molecule has 0 radical (unpaired) electrons. The van der Waals surface area contributed by atoms with Crippen LogP contribution in [0, 0.1) is 23.7 Å². The molecule has 0 saturated heterocycles. The van der Waals surface area contributed by atoms with Gasteiger partial charge in [-0.3, -0.25) is 0 Å². The first-order valence-electron chi connectivity index (χ1n) is 7.79. The van der Waals surface area contributed by atoms with E-state index in [-0.39, 0.29) is 12.4 Å². The van der Waals surface area contributed by atoms with Crippen LogP contribution in [0.1, 0.15) is 37.7 Å². The lowest BCUT2D eigenvalue weighted by molar-refractivity contribution is 0.208. The van der Waals surface area contributed by atoms with Gasteiger partial charge >= 0.3 is 0 Å². The van der Waals surface area contributed by atoms with Crippen LogP contribution >= 0.6 is 28.3 Å². The molecule has 1 N–H and O–H groups in total. The third kappa shape index (κ3) is 2.55. The molecule has 3 aliphatic rings. The van der Waals surface area contributed by atoms with Gasteiger partial charge in [-0.2, -0.15) is 0 Å². The summed E-state index contributed by atoms with van der Waals surface area (Å²) < 4.78 is 1.19. The van der Waals surface area contributed by atoms with Crippen LogP contribution in [0.15, 0.2) is 28.7 Å². The number of nitrogens with one attached hydrogen (secondary N) is 1. The molecule has 3 saturated carbocycles. The normalized spacial score (nSPS) is 37.8. The van der Waals surface area contributed by atoms with E-state index in [4.69, 9.17) is 0 Å². The molecule has 0 heterocycles. The van der Waals surface area contributed by atoms with Crippen molar-refractivity contribution in [2.24, 2.45) is 23.7 Å². The van der Waals surface area contributed by atoms with Gasteiger partial charge in [0, 0.05) is 17.1 Å². The van der Waals surface area contributed by atoms with Gasteiger partial charge in [0.15, 0.2) is 0 Å². The number of hydrogen-bond donors (Lipinski definition) is 1. The smallest absolute Gasteiger partial charge is 0.0208 e. The molecule has 3 aliphatic carbocycles. The largest absolute Gasteiger partial charge is 0.310 e. The van der Waals surface area contributed by atoms with E-state index in [2.05, 4.69) is 45.5 Å². The summed E-state index contributed by atoms with van der Waals surface area (Å²) in [7, 11) is 0. The molecule has 0 aromatic heterocycles.